The zero-order valence-corrected chi connectivity index (χ0v) is 18.8. The number of carbonyl (C=O) groups excluding carboxylic acids is 3. The van der Waals surface area contributed by atoms with E-state index < -0.39 is 17.7 Å². The standard InChI is InChI=1S/C26H21N5O4/c1-2-35-20-10-8-19(9-11-20)31-25(33)21-12-7-17(13-22(21)26(31)34)24(32)29-23-6-4-3-5-18(23)14-30-16-27-15-28-30/h3-13,15-16H,2,14H2,1H3,(H,29,32). The summed E-state index contributed by atoms with van der Waals surface area (Å²) in [7, 11) is 0. The number of aromatic nitrogens is 3. The van der Waals surface area contributed by atoms with Crippen LogP contribution in [0.2, 0.25) is 0 Å². The van der Waals surface area contributed by atoms with Crippen LogP contribution < -0.4 is 15.0 Å². The van der Waals surface area contributed by atoms with E-state index in [1.807, 2.05) is 25.1 Å². The first-order valence-electron chi connectivity index (χ1n) is 11.0. The SMILES string of the molecule is CCOc1ccc(N2C(=O)c3ccc(C(=O)Nc4ccccc4Cn4cncn4)cc3C2=O)cc1. The predicted molar refractivity (Wildman–Crippen MR) is 129 cm³/mol. The van der Waals surface area contributed by atoms with Crippen molar-refractivity contribution in [2.24, 2.45) is 0 Å². The summed E-state index contributed by atoms with van der Waals surface area (Å²) in [5.74, 6) is -0.649. The molecule has 5 rings (SSSR count). The maximum atomic E-state index is 13.1. The van der Waals surface area contributed by atoms with E-state index >= 15 is 0 Å². The number of nitrogens with zero attached hydrogens (tertiary/aromatic N) is 4. The first-order chi connectivity index (χ1) is 17.0. The lowest BCUT2D eigenvalue weighted by molar-refractivity contribution is 0.0925. The van der Waals surface area contributed by atoms with Gasteiger partial charge in [-0.1, -0.05) is 18.2 Å². The number of anilines is 2. The van der Waals surface area contributed by atoms with E-state index in [1.165, 1.54) is 18.5 Å². The maximum Gasteiger partial charge on any atom is 0.266 e. The van der Waals surface area contributed by atoms with E-state index in [2.05, 4.69) is 15.4 Å². The van der Waals surface area contributed by atoms with Crippen LogP contribution in [0.25, 0.3) is 0 Å². The molecule has 0 bridgehead atoms. The first kappa shape index (κ1) is 22.0. The summed E-state index contributed by atoms with van der Waals surface area (Å²) in [6.07, 6.45) is 3.04. The molecule has 0 saturated carbocycles. The number of nitrogens with one attached hydrogen (secondary N) is 1. The van der Waals surface area contributed by atoms with Crippen molar-refractivity contribution in [2.75, 3.05) is 16.8 Å². The predicted octanol–water partition coefficient (Wildman–Crippen LogP) is 3.78. The Kier molecular flexibility index (Phi) is 5.80. The van der Waals surface area contributed by atoms with Crippen molar-refractivity contribution in [3.63, 3.8) is 0 Å². The van der Waals surface area contributed by atoms with E-state index in [4.69, 9.17) is 4.74 Å². The number of benzene rings is 3. The molecule has 0 atom stereocenters. The minimum absolute atomic E-state index is 0.187. The average Bonchev–Trinajstić information content (AvgIpc) is 3.47. The Bertz CT molecular complexity index is 1410. The third kappa shape index (κ3) is 4.26. The molecule has 0 radical (unpaired) electrons. The number of hydrogen-bond donors (Lipinski definition) is 1. The van der Waals surface area contributed by atoms with Crippen molar-refractivity contribution in [3.05, 3.63) is 102 Å². The van der Waals surface area contributed by atoms with Crippen LogP contribution in [0, 0.1) is 0 Å². The fourth-order valence-electron chi connectivity index (χ4n) is 3.94. The molecule has 1 aliphatic rings. The molecule has 0 saturated heterocycles. The van der Waals surface area contributed by atoms with Gasteiger partial charge in [-0.15, -0.1) is 0 Å². The quantitative estimate of drug-likeness (QED) is 0.415. The molecule has 4 aromatic rings. The number of ether oxygens (including phenoxy) is 1. The first-order valence-corrected chi connectivity index (χ1v) is 11.0. The molecule has 1 N–H and O–H groups in total. The monoisotopic (exact) mass is 467 g/mol. The van der Waals surface area contributed by atoms with Crippen molar-refractivity contribution < 1.29 is 19.1 Å². The van der Waals surface area contributed by atoms with Gasteiger partial charge in [-0.05, 0) is 61.0 Å². The molecule has 0 unspecified atom stereocenters. The normalized spacial score (nSPS) is 12.5. The summed E-state index contributed by atoms with van der Waals surface area (Å²) in [5.41, 5.74) is 2.62. The summed E-state index contributed by atoms with van der Waals surface area (Å²) in [6.45, 7) is 2.83. The Morgan fingerprint density at radius 2 is 1.74 bits per heavy atom. The second-order valence-corrected chi connectivity index (χ2v) is 7.84. The van der Waals surface area contributed by atoms with Crippen LogP contribution in [-0.4, -0.2) is 39.1 Å². The van der Waals surface area contributed by atoms with Gasteiger partial charge in [0.15, 0.2) is 0 Å². The molecule has 1 aromatic heterocycles. The Labute approximate surface area is 201 Å². The fraction of sp³-hybridized carbons (Fsp3) is 0.115. The van der Waals surface area contributed by atoms with Gasteiger partial charge in [0, 0.05) is 11.3 Å². The van der Waals surface area contributed by atoms with Crippen molar-refractivity contribution in [1.29, 1.82) is 0 Å². The number of fused-ring (bicyclic) bond motifs is 1. The molecule has 1 aliphatic heterocycles. The highest BCUT2D eigenvalue weighted by Crippen LogP contribution is 2.30. The van der Waals surface area contributed by atoms with Crippen molar-refractivity contribution >= 4 is 29.1 Å². The highest BCUT2D eigenvalue weighted by molar-refractivity contribution is 6.34. The third-order valence-electron chi connectivity index (χ3n) is 5.62. The highest BCUT2D eigenvalue weighted by atomic mass is 16.5. The summed E-state index contributed by atoms with van der Waals surface area (Å²) in [5, 5.41) is 7.00. The van der Waals surface area contributed by atoms with E-state index in [0.29, 0.717) is 30.3 Å². The third-order valence-corrected chi connectivity index (χ3v) is 5.62. The Balaban J connectivity index is 1.37. The number of hydrogen-bond acceptors (Lipinski definition) is 6. The van der Waals surface area contributed by atoms with Gasteiger partial charge >= 0.3 is 0 Å². The number of imide groups is 1. The average molecular weight is 467 g/mol. The zero-order chi connectivity index (χ0) is 24.4. The Hall–Kier alpha value is -4.79. The van der Waals surface area contributed by atoms with Crippen LogP contribution in [0.15, 0.2) is 79.4 Å². The summed E-state index contributed by atoms with van der Waals surface area (Å²) < 4.78 is 7.08. The maximum absolute atomic E-state index is 13.1. The zero-order valence-electron chi connectivity index (χ0n) is 18.8. The van der Waals surface area contributed by atoms with Gasteiger partial charge in [0.05, 0.1) is 30.0 Å². The largest absolute Gasteiger partial charge is 0.494 e. The molecule has 35 heavy (non-hydrogen) atoms. The second kappa shape index (κ2) is 9.22. The minimum Gasteiger partial charge on any atom is -0.494 e. The van der Waals surface area contributed by atoms with E-state index in [1.54, 1.807) is 47.4 Å². The summed E-state index contributed by atoms with van der Waals surface area (Å²) in [6, 6.07) is 18.6. The lowest BCUT2D eigenvalue weighted by Gasteiger charge is -2.14. The molecular formula is C26H21N5O4. The molecule has 3 amide bonds. The van der Waals surface area contributed by atoms with Gasteiger partial charge in [0.1, 0.15) is 18.4 Å². The number of carbonyl (C=O) groups is 3. The molecule has 174 valence electrons. The molecular weight excluding hydrogens is 446 g/mol. The minimum atomic E-state index is -0.476. The van der Waals surface area contributed by atoms with E-state index in [0.717, 1.165) is 10.5 Å². The topological polar surface area (TPSA) is 106 Å². The van der Waals surface area contributed by atoms with Crippen molar-refractivity contribution in [2.45, 2.75) is 13.5 Å². The van der Waals surface area contributed by atoms with E-state index in [9.17, 15) is 14.4 Å². The Morgan fingerprint density at radius 1 is 0.971 bits per heavy atom. The Morgan fingerprint density at radius 3 is 2.49 bits per heavy atom. The van der Waals surface area contributed by atoms with Crippen LogP contribution in [0.4, 0.5) is 11.4 Å². The molecule has 9 heteroatoms. The van der Waals surface area contributed by atoms with Gasteiger partial charge in [-0.3, -0.25) is 14.4 Å². The van der Waals surface area contributed by atoms with Gasteiger partial charge in [0.2, 0.25) is 0 Å². The molecule has 2 heterocycles. The number of amides is 3. The van der Waals surface area contributed by atoms with Crippen LogP contribution >= 0.6 is 0 Å². The van der Waals surface area contributed by atoms with E-state index in [-0.39, 0.29) is 16.7 Å². The lowest BCUT2D eigenvalue weighted by Crippen LogP contribution is -2.29. The number of para-hydroxylation sites is 1. The lowest BCUT2D eigenvalue weighted by atomic mass is 10.0. The molecule has 0 spiro atoms. The van der Waals surface area contributed by atoms with Gasteiger partial charge in [0.25, 0.3) is 17.7 Å². The van der Waals surface area contributed by atoms with Gasteiger partial charge in [-0.25, -0.2) is 14.6 Å². The summed E-state index contributed by atoms with van der Waals surface area (Å²) in [4.78, 5) is 44.1. The van der Waals surface area contributed by atoms with Crippen LogP contribution in [0.5, 0.6) is 5.75 Å². The highest BCUT2D eigenvalue weighted by Gasteiger charge is 2.37. The van der Waals surface area contributed by atoms with Crippen molar-refractivity contribution in [3.8, 4) is 5.75 Å². The van der Waals surface area contributed by atoms with Gasteiger partial charge in [-0.2, -0.15) is 5.10 Å². The molecule has 3 aromatic carbocycles. The number of rotatable bonds is 7. The smallest absolute Gasteiger partial charge is 0.266 e. The van der Waals surface area contributed by atoms with Crippen LogP contribution in [0.3, 0.4) is 0 Å². The second-order valence-electron chi connectivity index (χ2n) is 7.84. The molecule has 0 aliphatic carbocycles. The summed E-state index contributed by atoms with van der Waals surface area (Å²) >= 11 is 0. The fourth-order valence-corrected chi connectivity index (χ4v) is 3.94. The van der Waals surface area contributed by atoms with Crippen LogP contribution in [0.1, 0.15) is 43.6 Å². The van der Waals surface area contributed by atoms with Crippen LogP contribution in [-0.2, 0) is 6.54 Å². The molecule has 9 nitrogen and oxygen atoms in total. The van der Waals surface area contributed by atoms with Gasteiger partial charge < -0.3 is 10.1 Å². The molecule has 0 fully saturated rings. The van der Waals surface area contributed by atoms with Crippen molar-refractivity contribution in [1.82, 2.24) is 14.8 Å².